The lowest BCUT2D eigenvalue weighted by molar-refractivity contribution is 0.0523. The lowest BCUT2D eigenvalue weighted by Gasteiger charge is -2.24. The largest absolute Gasteiger partial charge is 0.462 e. The second-order valence-corrected chi connectivity index (χ2v) is 5.88. The minimum Gasteiger partial charge on any atom is -0.462 e. The number of aryl methyl sites for hydroxylation is 1. The molecule has 1 aromatic heterocycles. The monoisotopic (exact) mass is 299 g/mol. The van der Waals surface area contributed by atoms with E-state index < -0.39 is 0 Å². The average Bonchev–Trinajstić information content (AvgIpc) is 2.77. The van der Waals surface area contributed by atoms with Gasteiger partial charge in [0.2, 0.25) is 0 Å². The van der Waals surface area contributed by atoms with Crippen molar-refractivity contribution in [3.8, 4) is 0 Å². The molecule has 0 bridgehead atoms. The molecule has 0 radical (unpaired) electrons. The van der Waals surface area contributed by atoms with Crippen LogP contribution in [0.3, 0.4) is 0 Å². The fraction of sp³-hybridized carbons (Fsp3) is 0.714. The normalized spacial score (nSPS) is 12.7. The second kappa shape index (κ2) is 8.32. The number of aromatic nitrogens is 2. The Morgan fingerprint density at radius 3 is 2.90 bits per heavy atom. The molecule has 0 N–H and O–H groups in total. The van der Waals surface area contributed by atoms with E-state index in [0.29, 0.717) is 24.8 Å². The highest BCUT2D eigenvalue weighted by molar-refractivity contribution is 7.98. The minimum atomic E-state index is -0.291. The lowest BCUT2D eigenvalue weighted by Crippen LogP contribution is -2.30. The van der Waals surface area contributed by atoms with Gasteiger partial charge >= 0.3 is 5.97 Å². The van der Waals surface area contributed by atoms with Gasteiger partial charge in [-0.3, -0.25) is 9.58 Å². The van der Waals surface area contributed by atoms with Crippen LogP contribution in [0.4, 0.5) is 0 Å². The molecule has 0 spiro atoms. The van der Waals surface area contributed by atoms with Gasteiger partial charge in [0.25, 0.3) is 0 Å². The van der Waals surface area contributed by atoms with E-state index in [1.54, 1.807) is 10.9 Å². The number of ether oxygens (including phenoxy) is 1. The van der Waals surface area contributed by atoms with Crippen LogP contribution in [0, 0.1) is 0 Å². The first-order chi connectivity index (χ1) is 9.51. The molecule has 1 aromatic rings. The standard InChI is InChI=1S/C14H25N3O2S/c1-6-19-14(18)12-9-15-17(4)13(12)10-16(3)11(2)7-8-20-5/h9,11H,6-8,10H2,1-5H3. The predicted molar refractivity (Wildman–Crippen MR) is 83.1 cm³/mol. The number of rotatable bonds is 8. The first kappa shape index (κ1) is 17.0. The molecule has 1 rings (SSSR count). The lowest BCUT2D eigenvalue weighted by atomic mass is 10.2. The van der Waals surface area contributed by atoms with E-state index in [4.69, 9.17) is 4.74 Å². The topological polar surface area (TPSA) is 47.4 Å². The zero-order valence-corrected chi connectivity index (χ0v) is 13.9. The number of hydrogen-bond donors (Lipinski definition) is 0. The Morgan fingerprint density at radius 1 is 1.60 bits per heavy atom. The van der Waals surface area contributed by atoms with Crippen LogP contribution in [0.2, 0.25) is 0 Å². The molecule has 1 heterocycles. The van der Waals surface area contributed by atoms with Crippen LogP contribution in [0.1, 0.15) is 36.3 Å². The predicted octanol–water partition coefficient (Wildman–Crippen LogP) is 2.17. The Hall–Kier alpha value is -1.01. The van der Waals surface area contributed by atoms with Gasteiger partial charge in [0, 0.05) is 19.6 Å². The number of carbonyl (C=O) groups is 1. The van der Waals surface area contributed by atoms with Crippen molar-refractivity contribution >= 4 is 17.7 Å². The smallest absolute Gasteiger partial charge is 0.341 e. The van der Waals surface area contributed by atoms with Crippen LogP contribution < -0.4 is 0 Å². The van der Waals surface area contributed by atoms with E-state index >= 15 is 0 Å². The number of hydrogen-bond acceptors (Lipinski definition) is 5. The third kappa shape index (κ3) is 4.52. The third-order valence-electron chi connectivity index (χ3n) is 3.45. The molecule has 5 nitrogen and oxygen atoms in total. The first-order valence-corrected chi connectivity index (χ1v) is 8.27. The summed E-state index contributed by atoms with van der Waals surface area (Å²) >= 11 is 1.85. The summed E-state index contributed by atoms with van der Waals surface area (Å²) in [6.45, 7) is 5.09. The molecule has 6 heteroatoms. The average molecular weight is 299 g/mol. The maximum atomic E-state index is 11.9. The van der Waals surface area contributed by atoms with Gasteiger partial charge in [-0.25, -0.2) is 4.79 Å². The zero-order chi connectivity index (χ0) is 15.1. The van der Waals surface area contributed by atoms with Crippen LogP contribution in [0.15, 0.2) is 6.20 Å². The van der Waals surface area contributed by atoms with E-state index in [2.05, 4.69) is 30.2 Å². The van der Waals surface area contributed by atoms with Crippen molar-refractivity contribution in [1.29, 1.82) is 0 Å². The van der Waals surface area contributed by atoms with Crippen molar-refractivity contribution in [1.82, 2.24) is 14.7 Å². The molecule has 0 amide bonds. The SMILES string of the molecule is CCOC(=O)c1cnn(C)c1CN(C)C(C)CCSC. The molecule has 0 saturated heterocycles. The zero-order valence-electron chi connectivity index (χ0n) is 13.0. The van der Waals surface area contributed by atoms with E-state index in [1.807, 2.05) is 25.7 Å². The van der Waals surface area contributed by atoms with Gasteiger partial charge in [0.1, 0.15) is 5.56 Å². The summed E-state index contributed by atoms with van der Waals surface area (Å²) in [5, 5.41) is 4.18. The van der Waals surface area contributed by atoms with Gasteiger partial charge in [0.15, 0.2) is 0 Å². The van der Waals surface area contributed by atoms with Crippen molar-refractivity contribution in [3.05, 3.63) is 17.5 Å². The molecule has 20 heavy (non-hydrogen) atoms. The fourth-order valence-corrected chi connectivity index (χ4v) is 2.51. The quantitative estimate of drug-likeness (QED) is 0.689. The Balaban J connectivity index is 2.76. The molecule has 0 aliphatic heterocycles. The van der Waals surface area contributed by atoms with Crippen molar-refractivity contribution < 1.29 is 9.53 Å². The maximum Gasteiger partial charge on any atom is 0.341 e. The summed E-state index contributed by atoms with van der Waals surface area (Å²) in [5.74, 6) is 0.850. The number of esters is 1. The van der Waals surface area contributed by atoms with Gasteiger partial charge < -0.3 is 4.74 Å². The molecule has 0 fully saturated rings. The highest BCUT2D eigenvalue weighted by atomic mass is 32.2. The molecular formula is C14H25N3O2S. The second-order valence-electron chi connectivity index (χ2n) is 4.89. The number of nitrogens with zero attached hydrogens (tertiary/aromatic N) is 3. The summed E-state index contributed by atoms with van der Waals surface area (Å²) in [4.78, 5) is 14.2. The summed E-state index contributed by atoms with van der Waals surface area (Å²) in [5.41, 5.74) is 1.47. The van der Waals surface area contributed by atoms with Crippen molar-refractivity contribution in [2.24, 2.45) is 7.05 Å². The van der Waals surface area contributed by atoms with Gasteiger partial charge in [-0.15, -0.1) is 0 Å². The Morgan fingerprint density at radius 2 is 2.30 bits per heavy atom. The molecule has 114 valence electrons. The van der Waals surface area contributed by atoms with Crippen LogP contribution >= 0.6 is 11.8 Å². The highest BCUT2D eigenvalue weighted by Gasteiger charge is 2.20. The van der Waals surface area contributed by atoms with Crippen molar-refractivity contribution in [2.75, 3.05) is 25.7 Å². The van der Waals surface area contributed by atoms with Crippen molar-refractivity contribution in [2.45, 2.75) is 32.9 Å². The Kier molecular flexibility index (Phi) is 7.09. The van der Waals surface area contributed by atoms with Crippen LogP contribution in [-0.4, -0.2) is 52.4 Å². The van der Waals surface area contributed by atoms with Crippen LogP contribution in [-0.2, 0) is 18.3 Å². The summed E-state index contributed by atoms with van der Waals surface area (Å²) in [7, 11) is 3.94. The van der Waals surface area contributed by atoms with E-state index in [-0.39, 0.29) is 5.97 Å². The minimum absolute atomic E-state index is 0.291. The Bertz CT molecular complexity index is 434. The van der Waals surface area contributed by atoms with Crippen LogP contribution in [0.5, 0.6) is 0 Å². The van der Waals surface area contributed by atoms with E-state index in [1.165, 1.54) is 0 Å². The highest BCUT2D eigenvalue weighted by Crippen LogP contribution is 2.15. The summed E-state index contributed by atoms with van der Waals surface area (Å²) in [6.07, 6.45) is 4.84. The van der Waals surface area contributed by atoms with Crippen LogP contribution in [0.25, 0.3) is 0 Å². The van der Waals surface area contributed by atoms with Gasteiger partial charge in [0.05, 0.1) is 18.5 Å². The van der Waals surface area contributed by atoms with Gasteiger partial charge in [-0.05, 0) is 39.3 Å². The van der Waals surface area contributed by atoms with Crippen molar-refractivity contribution in [3.63, 3.8) is 0 Å². The summed E-state index contributed by atoms with van der Waals surface area (Å²) < 4.78 is 6.83. The molecular weight excluding hydrogens is 274 g/mol. The van der Waals surface area contributed by atoms with Gasteiger partial charge in [-0.2, -0.15) is 16.9 Å². The molecule has 0 aromatic carbocycles. The molecule has 0 aliphatic carbocycles. The molecule has 1 unspecified atom stereocenters. The first-order valence-electron chi connectivity index (χ1n) is 6.88. The maximum absolute atomic E-state index is 11.9. The molecule has 1 atom stereocenters. The fourth-order valence-electron chi connectivity index (χ4n) is 1.93. The third-order valence-corrected chi connectivity index (χ3v) is 4.09. The Labute approximate surface area is 125 Å². The molecule has 0 aliphatic rings. The molecule has 0 saturated carbocycles. The number of carbonyl (C=O) groups excluding carboxylic acids is 1. The van der Waals surface area contributed by atoms with E-state index in [0.717, 1.165) is 17.9 Å². The van der Waals surface area contributed by atoms with E-state index in [9.17, 15) is 4.79 Å². The van der Waals surface area contributed by atoms with Gasteiger partial charge in [-0.1, -0.05) is 0 Å². The summed E-state index contributed by atoms with van der Waals surface area (Å²) in [6, 6.07) is 0.465. The number of thioether (sulfide) groups is 1.